The van der Waals surface area contributed by atoms with Crippen molar-refractivity contribution >= 4 is 27.6 Å². The summed E-state index contributed by atoms with van der Waals surface area (Å²) < 4.78 is 1.35. The second kappa shape index (κ2) is 10.1. The molecule has 0 aliphatic rings. The van der Waals surface area contributed by atoms with Crippen LogP contribution < -0.4 is 0 Å². The van der Waals surface area contributed by atoms with E-state index in [1.54, 1.807) is 0 Å². The third-order valence-electron chi connectivity index (χ3n) is 1.94. The molecule has 0 amide bonds. The van der Waals surface area contributed by atoms with Gasteiger partial charge in [0.2, 0.25) is 0 Å². The monoisotopic (exact) mass is 280 g/mol. The van der Waals surface area contributed by atoms with E-state index in [-0.39, 0.29) is 0 Å². The van der Waals surface area contributed by atoms with Crippen LogP contribution in [0.1, 0.15) is 52.9 Å². The van der Waals surface area contributed by atoms with Crippen LogP contribution in [0.4, 0.5) is 0 Å². The van der Waals surface area contributed by atoms with E-state index >= 15 is 0 Å². The molecule has 0 N–H and O–H groups in total. The van der Waals surface area contributed by atoms with Crippen molar-refractivity contribution in [3.05, 3.63) is 9.88 Å². The summed E-state index contributed by atoms with van der Waals surface area (Å²) in [6.07, 6.45) is 9.00. The van der Waals surface area contributed by atoms with Gasteiger partial charge in [0.25, 0.3) is 0 Å². The molecule has 14 heavy (non-hydrogen) atoms. The first-order valence-electron chi connectivity index (χ1n) is 5.68. The molecule has 0 aromatic carbocycles. The molecule has 0 radical (unpaired) electrons. The summed E-state index contributed by atoms with van der Waals surface area (Å²) in [4.78, 5) is 0. The number of rotatable bonds is 8. The van der Waals surface area contributed by atoms with Crippen LogP contribution in [0, 0.1) is 5.92 Å². The second-order valence-electron chi connectivity index (χ2n) is 4.10. The zero-order valence-electron chi connectivity index (χ0n) is 9.75. The molecule has 0 atom stereocenters. The minimum absolute atomic E-state index is 0.627. The van der Waals surface area contributed by atoms with Gasteiger partial charge in [-0.2, -0.15) is 0 Å². The fourth-order valence-electron chi connectivity index (χ4n) is 1.11. The summed E-state index contributed by atoms with van der Waals surface area (Å²) in [6.45, 7) is 6.82. The molecule has 0 nitrogen and oxygen atoms in total. The van der Waals surface area contributed by atoms with Gasteiger partial charge in [0.15, 0.2) is 0 Å². The van der Waals surface area contributed by atoms with E-state index in [4.69, 9.17) is 0 Å². The first-order chi connectivity index (χ1) is 6.66. The SMILES string of the molecule is CCCCCC/C=C(/S)[Se]CC(C)C. The summed E-state index contributed by atoms with van der Waals surface area (Å²) in [7, 11) is 0. The van der Waals surface area contributed by atoms with Crippen molar-refractivity contribution in [3.8, 4) is 0 Å². The van der Waals surface area contributed by atoms with E-state index in [9.17, 15) is 0 Å². The second-order valence-corrected chi connectivity index (χ2v) is 7.49. The van der Waals surface area contributed by atoms with Gasteiger partial charge < -0.3 is 0 Å². The van der Waals surface area contributed by atoms with Crippen LogP contribution in [0.2, 0.25) is 5.32 Å². The van der Waals surface area contributed by atoms with Gasteiger partial charge in [-0.15, -0.1) is 0 Å². The molecule has 0 heterocycles. The molecule has 0 aromatic heterocycles. The van der Waals surface area contributed by atoms with Crippen LogP contribution in [0.5, 0.6) is 0 Å². The number of hydrogen-bond acceptors (Lipinski definition) is 1. The van der Waals surface area contributed by atoms with E-state index in [0.29, 0.717) is 15.0 Å². The van der Waals surface area contributed by atoms with Gasteiger partial charge >= 0.3 is 102 Å². The van der Waals surface area contributed by atoms with Gasteiger partial charge in [-0.05, 0) is 0 Å². The third-order valence-corrected chi connectivity index (χ3v) is 5.51. The van der Waals surface area contributed by atoms with Crippen molar-refractivity contribution in [3.63, 3.8) is 0 Å². The molecular weight excluding hydrogens is 255 g/mol. The van der Waals surface area contributed by atoms with Crippen LogP contribution in [0.15, 0.2) is 9.88 Å². The minimum atomic E-state index is 0.627. The molecule has 0 aliphatic heterocycles. The zero-order chi connectivity index (χ0) is 10.8. The van der Waals surface area contributed by atoms with Crippen molar-refractivity contribution in [1.29, 1.82) is 0 Å². The first kappa shape index (κ1) is 14.6. The summed E-state index contributed by atoms with van der Waals surface area (Å²) in [5.41, 5.74) is 0. The molecule has 0 aliphatic carbocycles. The van der Waals surface area contributed by atoms with Gasteiger partial charge in [0.05, 0.1) is 0 Å². The quantitative estimate of drug-likeness (QED) is 0.377. The zero-order valence-corrected chi connectivity index (χ0v) is 12.4. The predicted molar refractivity (Wildman–Crippen MR) is 71.2 cm³/mol. The average molecular weight is 279 g/mol. The Kier molecular flexibility index (Phi) is 10.6. The van der Waals surface area contributed by atoms with Gasteiger partial charge in [0.1, 0.15) is 0 Å². The number of hydrogen-bond donors (Lipinski definition) is 1. The number of thiol groups is 1. The summed E-state index contributed by atoms with van der Waals surface area (Å²) in [6, 6.07) is 0. The topological polar surface area (TPSA) is 0 Å². The molecule has 0 unspecified atom stereocenters. The Labute approximate surface area is 101 Å². The molecule has 84 valence electrons. The Balaban J connectivity index is 3.36. The van der Waals surface area contributed by atoms with Crippen LogP contribution in [-0.4, -0.2) is 15.0 Å². The Bertz CT molecular complexity index is 152. The summed E-state index contributed by atoms with van der Waals surface area (Å²) in [5.74, 6) is 0.825. The molecule has 0 spiro atoms. The van der Waals surface area contributed by atoms with Crippen molar-refractivity contribution in [1.82, 2.24) is 0 Å². The van der Waals surface area contributed by atoms with Gasteiger partial charge in [-0.1, -0.05) is 0 Å². The molecule has 0 bridgehead atoms. The molecule has 0 rings (SSSR count). The van der Waals surface area contributed by atoms with E-state index < -0.39 is 0 Å². The molecule has 0 aromatic rings. The number of allylic oxidation sites excluding steroid dienone is 1. The van der Waals surface area contributed by atoms with Crippen molar-refractivity contribution in [2.24, 2.45) is 5.92 Å². The fraction of sp³-hybridized carbons (Fsp3) is 0.833. The number of unbranched alkanes of at least 4 members (excludes halogenated alkanes) is 4. The van der Waals surface area contributed by atoms with Gasteiger partial charge in [-0.3, -0.25) is 0 Å². The van der Waals surface area contributed by atoms with E-state index in [2.05, 4.69) is 39.5 Å². The van der Waals surface area contributed by atoms with Crippen LogP contribution in [0.3, 0.4) is 0 Å². The van der Waals surface area contributed by atoms with Crippen LogP contribution >= 0.6 is 12.6 Å². The first-order valence-corrected chi connectivity index (χ1v) is 8.20. The average Bonchev–Trinajstić information content (AvgIpc) is 2.14. The van der Waals surface area contributed by atoms with Crippen LogP contribution in [0.25, 0.3) is 0 Å². The Hall–Kier alpha value is 0.609. The van der Waals surface area contributed by atoms with Crippen molar-refractivity contribution in [2.75, 3.05) is 0 Å². The van der Waals surface area contributed by atoms with Gasteiger partial charge in [0, 0.05) is 0 Å². The maximum atomic E-state index is 4.52. The summed E-state index contributed by atoms with van der Waals surface area (Å²) >= 11 is 5.15. The van der Waals surface area contributed by atoms with E-state index in [0.717, 1.165) is 5.92 Å². The van der Waals surface area contributed by atoms with Crippen LogP contribution in [-0.2, 0) is 0 Å². The fourth-order valence-corrected chi connectivity index (χ4v) is 3.18. The Morgan fingerprint density at radius 3 is 2.57 bits per heavy atom. The molecule has 0 fully saturated rings. The maximum absolute atomic E-state index is 4.52. The van der Waals surface area contributed by atoms with Crippen molar-refractivity contribution < 1.29 is 0 Å². The Morgan fingerprint density at radius 1 is 1.29 bits per heavy atom. The third kappa shape index (κ3) is 10.7. The molecule has 0 saturated heterocycles. The standard InChI is InChI=1S/C12H24SSe/c1-4-5-6-7-8-9-12(13)14-10-11(2)3/h9,11,13H,4-8,10H2,1-3H3/b12-9-. The van der Waals surface area contributed by atoms with E-state index in [1.165, 1.54) is 41.2 Å². The molecule has 2 heteroatoms. The van der Waals surface area contributed by atoms with Gasteiger partial charge in [-0.25, -0.2) is 0 Å². The predicted octanol–water partition coefficient (Wildman–Crippen LogP) is 4.51. The Morgan fingerprint density at radius 2 is 2.00 bits per heavy atom. The molecule has 0 saturated carbocycles. The molecular formula is C12H24SSe. The normalized spacial score (nSPS) is 12.5. The van der Waals surface area contributed by atoms with E-state index in [1.807, 2.05) is 0 Å². The van der Waals surface area contributed by atoms with Crippen molar-refractivity contribution in [2.45, 2.75) is 58.2 Å². The summed E-state index contributed by atoms with van der Waals surface area (Å²) in [5, 5.41) is 1.33.